The van der Waals surface area contributed by atoms with Gasteiger partial charge in [-0.1, -0.05) is 41.4 Å². The second-order valence-corrected chi connectivity index (χ2v) is 8.58. The van der Waals surface area contributed by atoms with Crippen LogP contribution >= 0.6 is 11.6 Å². The fraction of sp³-hybridized carbons (Fsp3) is 0.280. The lowest BCUT2D eigenvalue weighted by atomic mass is 9.95. The SMILES string of the molecule is Oc1ccc2c(Cc3ccc(Cl)cc3)noc2c1CN1CCCC[C@H]1c1cccnc1. The van der Waals surface area contributed by atoms with E-state index in [1.54, 1.807) is 12.3 Å². The third-order valence-corrected chi connectivity index (χ3v) is 6.37. The average Bonchev–Trinajstić information content (AvgIpc) is 3.21. The Labute approximate surface area is 186 Å². The number of aromatic hydroxyl groups is 1. The molecule has 0 aliphatic carbocycles. The van der Waals surface area contributed by atoms with Crippen molar-refractivity contribution in [2.24, 2.45) is 0 Å². The molecule has 3 heterocycles. The van der Waals surface area contributed by atoms with Crippen molar-refractivity contribution < 1.29 is 9.63 Å². The smallest absolute Gasteiger partial charge is 0.175 e. The number of hydrogen-bond donors (Lipinski definition) is 1. The molecule has 6 heteroatoms. The first kappa shape index (κ1) is 20.0. The summed E-state index contributed by atoms with van der Waals surface area (Å²) in [4.78, 5) is 6.72. The Bertz CT molecular complexity index is 1170. The summed E-state index contributed by atoms with van der Waals surface area (Å²) in [7, 11) is 0. The molecule has 31 heavy (non-hydrogen) atoms. The van der Waals surface area contributed by atoms with Gasteiger partial charge in [-0.2, -0.15) is 0 Å². The number of pyridine rings is 1. The maximum absolute atomic E-state index is 10.7. The minimum Gasteiger partial charge on any atom is -0.507 e. The number of piperidine rings is 1. The molecule has 2 aromatic carbocycles. The van der Waals surface area contributed by atoms with Crippen LogP contribution in [0.2, 0.25) is 5.02 Å². The molecule has 0 spiro atoms. The summed E-state index contributed by atoms with van der Waals surface area (Å²) >= 11 is 6.00. The van der Waals surface area contributed by atoms with Crippen molar-refractivity contribution in [1.82, 2.24) is 15.0 Å². The Hall–Kier alpha value is -2.89. The molecular formula is C25H24ClN3O2. The van der Waals surface area contributed by atoms with Crippen molar-refractivity contribution >= 4 is 22.6 Å². The van der Waals surface area contributed by atoms with Crippen LogP contribution in [0, 0.1) is 0 Å². The average molecular weight is 434 g/mol. The molecule has 1 atom stereocenters. The molecule has 4 aromatic rings. The summed E-state index contributed by atoms with van der Waals surface area (Å²) in [5.41, 5.74) is 4.65. The highest BCUT2D eigenvalue weighted by molar-refractivity contribution is 6.30. The highest BCUT2D eigenvalue weighted by atomic mass is 35.5. The molecule has 1 aliphatic heterocycles. The molecule has 0 radical (unpaired) electrons. The van der Waals surface area contributed by atoms with Crippen LogP contribution in [0.3, 0.4) is 0 Å². The fourth-order valence-electron chi connectivity index (χ4n) is 4.51. The number of benzene rings is 2. The summed E-state index contributed by atoms with van der Waals surface area (Å²) in [6.45, 7) is 1.58. The van der Waals surface area contributed by atoms with Gasteiger partial charge in [0.05, 0.1) is 11.3 Å². The number of phenolic OH excluding ortho intramolecular Hbond substituents is 1. The number of rotatable bonds is 5. The molecule has 0 unspecified atom stereocenters. The molecule has 0 bridgehead atoms. The van der Waals surface area contributed by atoms with Gasteiger partial charge in [-0.3, -0.25) is 9.88 Å². The third kappa shape index (κ3) is 4.16. The number of likely N-dealkylation sites (tertiary alicyclic amines) is 1. The van der Waals surface area contributed by atoms with Crippen molar-refractivity contribution in [1.29, 1.82) is 0 Å². The van der Waals surface area contributed by atoms with Crippen LogP contribution in [0.4, 0.5) is 0 Å². The summed E-state index contributed by atoms with van der Waals surface area (Å²) < 4.78 is 5.76. The zero-order valence-electron chi connectivity index (χ0n) is 17.2. The normalized spacial score (nSPS) is 17.3. The van der Waals surface area contributed by atoms with Crippen LogP contribution < -0.4 is 0 Å². The minimum absolute atomic E-state index is 0.247. The maximum atomic E-state index is 10.7. The Morgan fingerprint density at radius 2 is 1.97 bits per heavy atom. The highest BCUT2D eigenvalue weighted by Crippen LogP contribution is 2.36. The minimum atomic E-state index is 0.247. The fourth-order valence-corrected chi connectivity index (χ4v) is 4.63. The number of aromatic nitrogens is 2. The van der Waals surface area contributed by atoms with Gasteiger partial charge in [0.25, 0.3) is 0 Å². The monoisotopic (exact) mass is 433 g/mol. The van der Waals surface area contributed by atoms with Crippen molar-refractivity contribution in [2.45, 2.75) is 38.3 Å². The Morgan fingerprint density at radius 3 is 2.77 bits per heavy atom. The van der Waals surface area contributed by atoms with Crippen molar-refractivity contribution in [3.8, 4) is 5.75 Å². The highest BCUT2D eigenvalue weighted by Gasteiger charge is 2.27. The topological polar surface area (TPSA) is 62.4 Å². The van der Waals surface area contributed by atoms with Crippen LogP contribution in [-0.2, 0) is 13.0 Å². The van der Waals surface area contributed by atoms with Crippen molar-refractivity contribution in [3.05, 3.63) is 88.3 Å². The van der Waals surface area contributed by atoms with E-state index >= 15 is 0 Å². The molecule has 1 aliphatic rings. The van der Waals surface area contributed by atoms with Crippen LogP contribution in [0.1, 0.15) is 47.7 Å². The van der Waals surface area contributed by atoms with E-state index in [0.717, 1.165) is 41.6 Å². The van der Waals surface area contributed by atoms with Crippen LogP contribution in [0.15, 0.2) is 65.4 Å². The first-order valence-electron chi connectivity index (χ1n) is 10.7. The zero-order chi connectivity index (χ0) is 21.2. The molecule has 1 N–H and O–H groups in total. The Morgan fingerprint density at radius 1 is 1.10 bits per heavy atom. The quantitative estimate of drug-likeness (QED) is 0.424. The molecule has 158 valence electrons. The zero-order valence-corrected chi connectivity index (χ0v) is 17.9. The molecule has 2 aromatic heterocycles. The first-order chi connectivity index (χ1) is 15.2. The summed E-state index contributed by atoms with van der Waals surface area (Å²) in [6, 6.07) is 15.8. The van der Waals surface area contributed by atoms with Gasteiger partial charge in [0, 0.05) is 41.8 Å². The van der Waals surface area contributed by atoms with E-state index in [1.165, 1.54) is 12.0 Å². The second kappa shape index (κ2) is 8.69. The molecule has 1 fully saturated rings. The summed E-state index contributed by atoms with van der Waals surface area (Å²) in [5.74, 6) is 0.247. The van der Waals surface area contributed by atoms with Gasteiger partial charge >= 0.3 is 0 Å². The molecule has 0 saturated carbocycles. The predicted molar refractivity (Wildman–Crippen MR) is 121 cm³/mol. The number of fused-ring (bicyclic) bond motifs is 1. The lowest BCUT2D eigenvalue weighted by molar-refractivity contribution is 0.139. The predicted octanol–water partition coefficient (Wildman–Crippen LogP) is 5.90. The number of hydrogen-bond acceptors (Lipinski definition) is 5. The molecule has 1 saturated heterocycles. The van der Waals surface area contributed by atoms with Crippen molar-refractivity contribution in [3.63, 3.8) is 0 Å². The van der Waals surface area contributed by atoms with E-state index in [0.29, 0.717) is 23.6 Å². The Balaban J connectivity index is 1.46. The van der Waals surface area contributed by atoms with Crippen molar-refractivity contribution in [2.75, 3.05) is 6.54 Å². The van der Waals surface area contributed by atoms with Gasteiger partial charge in [0.1, 0.15) is 5.75 Å². The largest absolute Gasteiger partial charge is 0.507 e. The second-order valence-electron chi connectivity index (χ2n) is 8.14. The Kier molecular flexibility index (Phi) is 5.62. The van der Waals surface area contributed by atoms with E-state index in [9.17, 15) is 5.11 Å². The summed E-state index contributed by atoms with van der Waals surface area (Å²) in [6.07, 6.45) is 7.82. The molecule has 0 amide bonds. The maximum Gasteiger partial charge on any atom is 0.175 e. The lowest BCUT2D eigenvalue weighted by Crippen LogP contribution is -2.33. The van der Waals surface area contributed by atoms with Gasteiger partial charge in [-0.25, -0.2) is 0 Å². The molecule has 5 rings (SSSR count). The standard InChI is InChI=1S/C25H24ClN3O2/c26-19-8-6-17(7-9-19)14-22-20-10-11-24(30)21(25(20)31-28-22)16-29-13-2-1-5-23(29)18-4-3-12-27-15-18/h3-4,6-12,15,23,30H,1-2,5,13-14,16H2/t23-/m0/s1. The van der Waals surface area contributed by atoms with Crippen LogP contribution in [0.25, 0.3) is 11.0 Å². The number of nitrogens with zero attached hydrogens (tertiary/aromatic N) is 3. The lowest BCUT2D eigenvalue weighted by Gasteiger charge is -2.36. The molecule has 5 nitrogen and oxygen atoms in total. The van der Waals surface area contributed by atoms with Gasteiger partial charge in [0.15, 0.2) is 5.58 Å². The van der Waals surface area contributed by atoms with Gasteiger partial charge < -0.3 is 9.63 Å². The first-order valence-corrected chi connectivity index (χ1v) is 11.0. The molecular weight excluding hydrogens is 410 g/mol. The van der Waals surface area contributed by atoms with E-state index in [4.69, 9.17) is 16.1 Å². The third-order valence-electron chi connectivity index (χ3n) is 6.12. The van der Waals surface area contributed by atoms with Crippen LogP contribution in [-0.4, -0.2) is 26.7 Å². The van der Waals surface area contributed by atoms with Gasteiger partial charge in [0.2, 0.25) is 0 Å². The number of halogens is 1. The van der Waals surface area contributed by atoms with Gasteiger partial charge in [-0.05, 0) is 60.8 Å². The van der Waals surface area contributed by atoms with Gasteiger partial charge in [-0.15, -0.1) is 0 Å². The van der Waals surface area contributed by atoms with Crippen LogP contribution in [0.5, 0.6) is 5.75 Å². The van der Waals surface area contributed by atoms with E-state index in [2.05, 4.69) is 21.1 Å². The number of phenols is 1. The van der Waals surface area contributed by atoms with E-state index in [-0.39, 0.29) is 11.8 Å². The summed E-state index contributed by atoms with van der Waals surface area (Å²) in [5, 5.41) is 16.7. The van der Waals surface area contributed by atoms with E-state index < -0.39 is 0 Å². The van der Waals surface area contributed by atoms with E-state index in [1.807, 2.05) is 42.6 Å².